The van der Waals surface area contributed by atoms with Crippen LogP contribution in [0, 0.1) is 17.8 Å². The largest absolute Gasteiger partial charge is 0.384 e. The first-order valence-electron chi connectivity index (χ1n) is 8.18. The summed E-state index contributed by atoms with van der Waals surface area (Å²) < 4.78 is 5.24. The van der Waals surface area contributed by atoms with Crippen molar-refractivity contribution in [2.75, 3.05) is 39.9 Å². The molecule has 3 atom stereocenters. The van der Waals surface area contributed by atoms with E-state index in [0.717, 1.165) is 39.2 Å². The van der Waals surface area contributed by atoms with Crippen LogP contribution in [-0.4, -0.2) is 50.7 Å². The minimum atomic E-state index is 0.351. The number of likely N-dealkylation sites (tertiary alicyclic amines) is 1. The Bertz CT molecular complexity index is 301. The molecule has 1 N–H and O–H groups in total. The molecule has 4 heteroatoms. The maximum absolute atomic E-state index is 12.5. The fraction of sp³-hybridized carbons (Fsp3) is 0.938. The monoisotopic (exact) mass is 282 g/mol. The van der Waals surface area contributed by atoms with Crippen LogP contribution in [0.25, 0.3) is 0 Å². The zero-order valence-electron chi connectivity index (χ0n) is 13.1. The number of nitrogens with zero attached hydrogens (tertiary/aromatic N) is 1. The van der Waals surface area contributed by atoms with Crippen molar-refractivity contribution >= 4 is 5.91 Å². The molecule has 0 radical (unpaired) electrons. The number of piperidine rings is 2. The Morgan fingerprint density at radius 1 is 1.40 bits per heavy atom. The third kappa shape index (κ3) is 4.45. The Morgan fingerprint density at radius 3 is 2.95 bits per heavy atom. The van der Waals surface area contributed by atoms with Gasteiger partial charge < -0.3 is 15.0 Å². The normalized spacial score (nSPS) is 29.2. The van der Waals surface area contributed by atoms with Crippen LogP contribution >= 0.6 is 0 Å². The van der Waals surface area contributed by atoms with E-state index in [9.17, 15) is 4.79 Å². The first kappa shape index (κ1) is 15.8. The molecule has 0 aromatic heterocycles. The van der Waals surface area contributed by atoms with E-state index in [1.807, 2.05) is 0 Å². The highest BCUT2D eigenvalue weighted by molar-refractivity contribution is 5.76. The summed E-state index contributed by atoms with van der Waals surface area (Å²) in [6.07, 6.45) is 5.56. The van der Waals surface area contributed by atoms with E-state index >= 15 is 0 Å². The third-order valence-corrected chi connectivity index (χ3v) is 4.91. The zero-order valence-corrected chi connectivity index (χ0v) is 13.1. The second-order valence-corrected chi connectivity index (χ2v) is 6.59. The predicted molar refractivity (Wildman–Crippen MR) is 80.6 cm³/mol. The van der Waals surface area contributed by atoms with Crippen LogP contribution in [-0.2, 0) is 9.53 Å². The first-order chi connectivity index (χ1) is 9.70. The fourth-order valence-electron chi connectivity index (χ4n) is 3.60. The summed E-state index contributed by atoms with van der Waals surface area (Å²) in [6, 6.07) is 0. The molecule has 2 aliphatic rings. The van der Waals surface area contributed by atoms with Gasteiger partial charge in [0.1, 0.15) is 0 Å². The van der Waals surface area contributed by atoms with Gasteiger partial charge in [-0.15, -0.1) is 0 Å². The van der Waals surface area contributed by atoms with E-state index in [1.165, 1.54) is 19.3 Å². The topological polar surface area (TPSA) is 41.6 Å². The maximum Gasteiger partial charge on any atom is 0.222 e. The molecule has 116 valence electrons. The molecule has 0 spiro atoms. The number of amides is 1. The SMILES string of the molecule is COCC1CCCN(C(=O)CC(C)C2CCCNC2)C1. The molecule has 0 bridgehead atoms. The second-order valence-electron chi connectivity index (χ2n) is 6.59. The molecule has 20 heavy (non-hydrogen) atoms. The van der Waals surface area contributed by atoms with Crippen LogP contribution in [0.4, 0.5) is 0 Å². The van der Waals surface area contributed by atoms with Crippen LogP contribution in [0.3, 0.4) is 0 Å². The fourth-order valence-corrected chi connectivity index (χ4v) is 3.60. The van der Waals surface area contributed by atoms with Crippen LogP contribution < -0.4 is 5.32 Å². The average Bonchev–Trinajstić information content (AvgIpc) is 2.48. The highest BCUT2D eigenvalue weighted by Gasteiger charge is 2.27. The van der Waals surface area contributed by atoms with Crippen molar-refractivity contribution in [1.29, 1.82) is 0 Å². The number of carbonyl (C=O) groups is 1. The summed E-state index contributed by atoms with van der Waals surface area (Å²) in [4.78, 5) is 14.5. The first-order valence-corrected chi connectivity index (χ1v) is 8.18. The number of hydrogen-bond acceptors (Lipinski definition) is 3. The molecule has 2 rings (SSSR count). The average molecular weight is 282 g/mol. The van der Waals surface area contributed by atoms with Gasteiger partial charge in [0.25, 0.3) is 0 Å². The van der Waals surface area contributed by atoms with Crippen molar-refractivity contribution in [2.45, 2.75) is 39.0 Å². The molecule has 1 amide bonds. The van der Waals surface area contributed by atoms with E-state index in [-0.39, 0.29) is 0 Å². The van der Waals surface area contributed by atoms with Gasteiger partial charge in [0, 0.05) is 26.6 Å². The number of hydrogen-bond donors (Lipinski definition) is 1. The number of rotatable bonds is 5. The second kappa shape index (κ2) is 7.99. The standard InChI is InChI=1S/C16H30N2O2/c1-13(15-6-3-7-17-10-15)9-16(19)18-8-4-5-14(11-18)12-20-2/h13-15,17H,3-12H2,1-2H3. The summed E-state index contributed by atoms with van der Waals surface area (Å²) >= 11 is 0. The van der Waals surface area contributed by atoms with Crippen molar-refractivity contribution in [3.63, 3.8) is 0 Å². The zero-order chi connectivity index (χ0) is 14.4. The van der Waals surface area contributed by atoms with Crippen LogP contribution in [0.5, 0.6) is 0 Å². The summed E-state index contributed by atoms with van der Waals surface area (Å²) in [5.41, 5.74) is 0. The summed E-state index contributed by atoms with van der Waals surface area (Å²) in [7, 11) is 1.75. The Morgan fingerprint density at radius 2 is 2.25 bits per heavy atom. The summed E-state index contributed by atoms with van der Waals surface area (Å²) in [5, 5.41) is 3.45. The van der Waals surface area contributed by atoms with Gasteiger partial charge in [-0.05, 0) is 56.5 Å². The van der Waals surface area contributed by atoms with Gasteiger partial charge in [-0.25, -0.2) is 0 Å². The van der Waals surface area contributed by atoms with Crippen LogP contribution in [0.2, 0.25) is 0 Å². The molecule has 2 heterocycles. The number of methoxy groups -OCH3 is 1. The Labute approximate surface area is 123 Å². The molecule has 3 unspecified atom stereocenters. The Hall–Kier alpha value is -0.610. The van der Waals surface area contributed by atoms with E-state index < -0.39 is 0 Å². The lowest BCUT2D eigenvalue weighted by atomic mass is 9.85. The molecular weight excluding hydrogens is 252 g/mol. The Kier molecular flexibility index (Phi) is 6.30. The molecule has 0 aliphatic carbocycles. The quantitative estimate of drug-likeness (QED) is 0.837. The van der Waals surface area contributed by atoms with E-state index in [1.54, 1.807) is 7.11 Å². The number of ether oxygens (including phenoxy) is 1. The van der Waals surface area contributed by atoms with Crippen molar-refractivity contribution < 1.29 is 9.53 Å². The van der Waals surface area contributed by atoms with Gasteiger partial charge in [-0.2, -0.15) is 0 Å². The van der Waals surface area contributed by atoms with E-state index in [2.05, 4.69) is 17.1 Å². The highest BCUT2D eigenvalue weighted by Crippen LogP contribution is 2.24. The van der Waals surface area contributed by atoms with Gasteiger partial charge in [-0.3, -0.25) is 4.79 Å². The molecule has 0 saturated carbocycles. The van der Waals surface area contributed by atoms with Crippen molar-refractivity contribution in [1.82, 2.24) is 10.2 Å². The van der Waals surface area contributed by atoms with Gasteiger partial charge in [0.05, 0.1) is 6.61 Å². The van der Waals surface area contributed by atoms with Crippen molar-refractivity contribution in [3.8, 4) is 0 Å². The molecule has 4 nitrogen and oxygen atoms in total. The van der Waals surface area contributed by atoms with Gasteiger partial charge >= 0.3 is 0 Å². The molecule has 0 aromatic carbocycles. The van der Waals surface area contributed by atoms with Gasteiger partial charge in [0.15, 0.2) is 0 Å². The Balaban J connectivity index is 1.78. The van der Waals surface area contributed by atoms with Crippen molar-refractivity contribution in [3.05, 3.63) is 0 Å². The smallest absolute Gasteiger partial charge is 0.222 e. The highest BCUT2D eigenvalue weighted by atomic mass is 16.5. The van der Waals surface area contributed by atoms with Crippen molar-refractivity contribution in [2.24, 2.45) is 17.8 Å². The lowest BCUT2D eigenvalue weighted by Gasteiger charge is -2.34. The number of nitrogens with one attached hydrogen (secondary N) is 1. The molecule has 0 aromatic rings. The third-order valence-electron chi connectivity index (χ3n) is 4.91. The molecule has 2 aliphatic heterocycles. The minimum Gasteiger partial charge on any atom is -0.384 e. The van der Waals surface area contributed by atoms with Crippen LogP contribution in [0.1, 0.15) is 39.0 Å². The van der Waals surface area contributed by atoms with Gasteiger partial charge in [-0.1, -0.05) is 6.92 Å². The van der Waals surface area contributed by atoms with E-state index in [4.69, 9.17) is 4.74 Å². The summed E-state index contributed by atoms with van der Waals surface area (Å²) in [5.74, 6) is 2.05. The minimum absolute atomic E-state index is 0.351. The lowest BCUT2D eigenvalue weighted by Crippen LogP contribution is -2.42. The molecular formula is C16H30N2O2. The van der Waals surface area contributed by atoms with Gasteiger partial charge in [0.2, 0.25) is 5.91 Å². The maximum atomic E-state index is 12.5. The summed E-state index contributed by atoms with van der Waals surface area (Å²) in [6.45, 7) is 7.08. The number of carbonyl (C=O) groups excluding carboxylic acids is 1. The lowest BCUT2D eigenvalue weighted by molar-refractivity contribution is -0.134. The molecule has 2 fully saturated rings. The van der Waals surface area contributed by atoms with Crippen LogP contribution in [0.15, 0.2) is 0 Å². The molecule has 2 saturated heterocycles. The van der Waals surface area contributed by atoms with E-state index in [0.29, 0.717) is 30.1 Å². The predicted octanol–water partition coefficient (Wildman–Crippen LogP) is 1.90.